The van der Waals surface area contributed by atoms with Crippen LogP contribution in [0.4, 0.5) is 14.9 Å². The van der Waals surface area contributed by atoms with Crippen molar-refractivity contribution in [2.75, 3.05) is 32.7 Å². The van der Waals surface area contributed by atoms with Gasteiger partial charge in [0.05, 0.1) is 14.2 Å². The fraction of sp³-hybridized carbons (Fsp3) is 0.182. The number of halogens is 2. The van der Waals surface area contributed by atoms with Gasteiger partial charge in [-0.05, 0) is 48.0 Å². The predicted molar refractivity (Wildman–Crippen MR) is 121 cm³/mol. The SMILES string of the molecule is COC(=O)CN1C(=O)N/C(=C/c2cc(OC)c(OCC(=O)Nc3ccc(F)cc3)cc2Br)C1=O. The fourth-order valence-corrected chi connectivity index (χ4v) is 3.31. The lowest BCUT2D eigenvalue weighted by molar-refractivity contribution is -0.143. The van der Waals surface area contributed by atoms with Crippen LogP contribution >= 0.6 is 15.9 Å². The van der Waals surface area contributed by atoms with Crippen molar-refractivity contribution in [3.05, 3.63) is 57.9 Å². The van der Waals surface area contributed by atoms with Gasteiger partial charge in [-0.2, -0.15) is 0 Å². The van der Waals surface area contributed by atoms with Crippen molar-refractivity contribution in [3.63, 3.8) is 0 Å². The predicted octanol–water partition coefficient (Wildman–Crippen LogP) is 2.68. The molecule has 1 heterocycles. The van der Waals surface area contributed by atoms with Gasteiger partial charge in [0, 0.05) is 10.2 Å². The van der Waals surface area contributed by atoms with Crippen LogP contribution < -0.4 is 20.1 Å². The first-order valence-corrected chi connectivity index (χ1v) is 10.5. The second-order valence-corrected chi connectivity index (χ2v) is 7.68. The van der Waals surface area contributed by atoms with E-state index < -0.39 is 36.2 Å². The third kappa shape index (κ3) is 5.90. The van der Waals surface area contributed by atoms with Gasteiger partial charge in [-0.3, -0.25) is 14.4 Å². The number of ether oxygens (including phenoxy) is 3. The lowest BCUT2D eigenvalue weighted by atomic mass is 10.1. The highest BCUT2D eigenvalue weighted by Crippen LogP contribution is 2.35. The van der Waals surface area contributed by atoms with Gasteiger partial charge in [0.15, 0.2) is 18.1 Å². The second kappa shape index (κ2) is 10.8. The molecule has 0 saturated carbocycles. The number of nitrogens with one attached hydrogen (secondary N) is 2. The van der Waals surface area contributed by atoms with E-state index in [1.807, 2.05) is 0 Å². The molecule has 0 radical (unpaired) electrons. The molecule has 1 fully saturated rings. The quantitative estimate of drug-likeness (QED) is 0.302. The van der Waals surface area contributed by atoms with Gasteiger partial charge in [0.2, 0.25) is 0 Å². The molecular weight excluding hydrogens is 517 g/mol. The number of hydrogen-bond acceptors (Lipinski definition) is 7. The summed E-state index contributed by atoms with van der Waals surface area (Å²) >= 11 is 3.36. The highest BCUT2D eigenvalue weighted by atomic mass is 79.9. The van der Waals surface area contributed by atoms with E-state index in [1.165, 1.54) is 49.6 Å². The number of methoxy groups -OCH3 is 2. The number of rotatable bonds is 8. The lowest BCUT2D eigenvalue weighted by Gasteiger charge is -2.13. The van der Waals surface area contributed by atoms with Crippen molar-refractivity contribution in [1.29, 1.82) is 0 Å². The molecule has 2 aromatic carbocycles. The Morgan fingerprint density at radius 2 is 1.85 bits per heavy atom. The Morgan fingerprint density at radius 1 is 1.15 bits per heavy atom. The molecule has 4 amide bonds. The van der Waals surface area contributed by atoms with E-state index in [0.29, 0.717) is 15.7 Å². The molecule has 0 spiro atoms. The Morgan fingerprint density at radius 3 is 2.50 bits per heavy atom. The van der Waals surface area contributed by atoms with E-state index in [2.05, 4.69) is 31.3 Å². The number of hydrogen-bond donors (Lipinski definition) is 2. The van der Waals surface area contributed by atoms with E-state index in [1.54, 1.807) is 0 Å². The van der Waals surface area contributed by atoms with Crippen molar-refractivity contribution in [2.24, 2.45) is 0 Å². The molecule has 2 N–H and O–H groups in total. The molecule has 0 atom stereocenters. The zero-order valence-electron chi connectivity index (χ0n) is 18.0. The number of anilines is 1. The highest BCUT2D eigenvalue weighted by Gasteiger charge is 2.35. The average molecular weight is 536 g/mol. The molecule has 0 aromatic heterocycles. The minimum absolute atomic E-state index is 0.0519. The van der Waals surface area contributed by atoms with Gasteiger partial charge in [0.25, 0.3) is 11.8 Å². The van der Waals surface area contributed by atoms with Crippen LogP contribution in [0.3, 0.4) is 0 Å². The molecule has 1 aliphatic rings. The van der Waals surface area contributed by atoms with E-state index >= 15 is 0 Å². The summed E-state index contributed by atoms with van der Waals surface area (Å²) in [4.78, 5) is 48.8. The maximum atomic E-state index is 13.0. The van der Waals surface area contributed by atoms with Crippen molar-refractivity contribution < 1.29 is 37.8 Å². The van der Waals surface area contributed by atoms with Crippen molar-refractivity contribution in [2.45, 2.75) is 0 Å². The number of nitrogens with zero attached hydrogens (tertiary/aromatic N) is 1. The summed E-state index contributed by atoms with van der Waals surface area (Å²) in [7, 11) is 2.54. The standard InChI is InChI=1S/C22H19BrFN3O7/c1-32-17-8-12(7-16-21(30)27(22(31)26-16)10-20(29)33-2)15(23)9-18(17)34-11-19(28)25-14-5-3-13(24)4-6-14/h3-9H,10-11H2,1-2H3,(H,25,28)(H,26,31)/b16-7+. The lowest BCUT2D eigenvalue weighted by Crippen LogP contribution is -2.36. The van der Waals surface area contributed by atoms with Crippen LogP contribution in [0.25, 0.3) is 6.08 Å². The van der Waals surface area contributed by atoms with Crippen LogP contribution in [0.15, 0.2) is 46.6 Å². The molecule has 0 aliphatic carbocycles. The Labute approximate surface area is 201 Å². The van der Waals surface area contributed by atoms with Crippen LogP contribution in [-0.2, 0) is 19.1 Å². The van der Waals surface area contributed by atoms with Gasteiger partial charge in [-0.1, -0.05) is 15.9 Å². The maximum Gasteiger partial charge on any atom is 0.329 e. The summed E-state index contributed by atoms with van der Waals surface area (Å²) in [6.07, 6.45) is 1.40. The monoisotopic (exact) mass is 535 g/mol. The number of carbonyl (C=O) groups is 4. The third-order valence-electron chi connectivity index (χ3n) is 4.55. The smallest absolute Gasteiger partial charge is 0.329 e. The molecule has 0 unspecified atom stereocenters. The molecule has 0 bridgehead atoms. The molecule has 1 saturated heterocycles. The van der Waals surface area contributed by atoms with Crippen LogP contribution in [0.1, 0.15) is 5.56 Å². The molecule has 10 nitrogen and oxygen atoms in total. The summed E-state index contributed by atoms with van der Waals surface area (Å²) in [6, 6.07) is 7.59. The van der Waals surface area contributed by atoms with Gasteiger partial charge in [0.1, 0.15) is 18.1 Å². The van der Waals surface area contributed by atoms with Crippen molar-refractivity contribution in [1.82, 2.24) is 10.2 Å². The number of imide groups is 1. The summed E-state index contributed by atoms with van der Waals surface area (Å²) in [5.41, 5.74) is 0.821. The second-order valence-electron chi connectivity index (χ2n) is 6.82. The van der Waals surface area contributed by atoms with Gasteiger partial charge in [-0.25, -0.2) is 14.1 Å². The maximum absolute atomic E-state index is 13.0. The third-order valence-corrected chi connectivity index (χ3v) is 5.23. The molecule has 3 rings (SSSR count). The number of amides is 4. The van der Waals surface area contributed by atoms with Crippen LogP contribution in [0, 0.1) is 5.82 Å². The normalized spacial score (nSPS) is 14.1. The zero-order chi connectivity index (χ0) is 24.8. The Balaban J connectivity index is 1.72. The Bertz CT molecular complexity index is 1170. The van der Waals surface area contributed by atoms with E-state index in [4.69, 9.17) is 9.47 Å². The summed E-state index contributed by atoms with van der Waals surface area (Å²) in [5, 5.41) is 4.97. The Hall–Kier alpha value is -3.93. The van der Waals surface area contributed by atoms with Crippen molar-refractivity contribution in [3.8, 4) is 11.5 Å². The molecule has 2 aromatic rings. The van der Waals surface area contributed by atoms with Gasteiger partial charge >= 0.3 is 12.0 Å². The zero-order valence-corrected chi connectivity index (χ0v) is 19.6. The largest absolute Gasteiger partial charge is 0.493 e. The molecule has 178 valence electrons. The molecule has 34 heavy (non-hydrogen) atoms. The topological polar surface area (TPSA) is 123 Å². The van der Waals surface area contributed by atoms with Crippen LogP contribution in [0.2, 0.25) is 0 Å². The minimum atomic E-state index is -0.753. The molecule has 1 aliphatic heterocycles. The van der Waals surface area contributed by atoms with Gasteiger partial charge in [-0.15, -0.1) is 0 Å². The number of esters is 1. The first-order valence-electron chi connectivity index (χ1n) is 9.69. The number of urea groups is 1. The number of carbonyl (C=O) groups excluding carboxylic acids is 4. The minimum Gasteiger partial charge on any atom is -0.493 e. The summed E-state index contributed by atoms with van der Waals surface area (Å²) < 4.78 is 28.8. The van der Waals surface area contributed by atoms with Crippen molar-refractivity contribution >= 4 is 51.5 Å². The van der Waals surface area contributed by atoms with Crippen LogP contribution in [-0.4, -0.2) is 56.1 Å². The summed E-state index contributed by atoms with van der Waals surface area (Å²) in [6.45, 7) is -0.868. The van der Waals surface area contributed by atoms with Crippen LogP contribution in [0.5, 0.6) is 11.5 Å². The Kier molecular flexibility index (Phi) is 7.84. The van der Waals surface area contributed by atoms with E-state index in [-0.39, 0.29) is 23.8 Å². The number of benzene rings is 2. The first-order chi connectivity index (χ1) is 16.2. The first kappa shape index (κ1) is 24.7. The fourth-order valence-electron chi connectivity index (χ4n) is 2.87. The van der Waals surface area contributed by atoms with E-state index in [0.717, 1.165) is 12.0 Å². The average Bonchev–Trinajstić information content (AvgIpc) is 3.07. The molecule has 12 heteroatoms. The highest BCUT2D eigenvalue weighted by molar-refractivity contribution is 9.10. The van der Waals surface area contributed by atoms with Gasteiger partial charge < -0.3 is 24.8 Å². The summed E-state index contributed by atoms with van der Waals surface area (Å²) in [5.74, 6) is -1.83. The van der Waals surface area contributed by atoms with E-state index in [9.17, 15) is 23.6 Å². The molecular formula is C22H19BrFN3O7.